The third-order valence-corrected chi connectivity index (χ3v) is 2.92. The lowest BCUT2D eigenvalue weighted by Gasteiger charge is -1.94. The van der Waals surface area contributed by atoms with E-state index in [1.165, 1.54) is 11.1 Å². The number of Topliss-reactive ketones (excluding diaryl/α,β-unsaturated/α-hetero) is 2. The van der Waals surface area contributed by atoms with E-state index in [1.807, 2.05) is 62.4 Å². The molecule has 0 bridgehead atoms. The van der Waals surface area contributed by atoms with Crippen molar-refractivity contribution in [3.05, 3.63) is 70.8 Å². The van der Waals surface area contributed by atoms with Crippen molar-refractivity contribution in [1.29, 1.82) is 0 Å². The Kier molecular flexibility index (Phi) is 5.85. The summed E-state index contributed by atoms with van der Waals surface area (Å²) in [6.45, 7) is 7.16. The summed E-state index contributed by atoms with van der Waals surface area (Å²) in [4.78, 5) is 21.5. The average molecular weight is 268 g/mol. The first-order chi connectivity index (χ1) is 9.40. The molecule has 0 aliphatic rings. The summed E-state index contributed by atoms with van der Waals surface area (Å²) in [7, 11) is 0. The van der Waals surface area contributed by atoms with Gasteiger partial charge in [-0.15, -0.1) is 0 Å². The van der Waals surface area contributed by atoms with Crippen molar-refractivity contribution in [2.45, 2.75) is 27.7 Å². The highest BCUT2D eigenvalue weighted by Gasteiger charge is 1.95. The van der Waals surface area contributed by atoms with Crippen molar-refractivity contribution in [3.8, 4) is 0 Å². The second-order valence-corrected chi connectivity index (χ2v) is 4.84. The molecule has 0 spiro atoms. The minimum Gasteiger partial charge on any atom is -0.295 e. The molecular weight excluding hydrogens is 248 g/mol. The molecule has 2 rings (SSSR count). The predicted molar refractivity (Wildman–Crippen MR) is 82.4 cm³/mol. The minimum atomic E-state index is 0.125. The van der Waals surface area contributed by atoms with Gasteiger partial charge in [-0.3, -0.25) is 9.59 Å². The Balaban J connectivity index is 0.000000200. The zero-order chi connectivity index (χ0) is 15.1. The summed E-state index contributed by atoms with van der Waals surface area (Å²) in [6, 6.07) is 15.1. The van der Waals surface area contributed by atoms with E-state index >= 15 is 0 Å². The maximum Gasteiger partial charge on any atom is 0.159 e. The Morgan fingerprint density at radius 2 is 0.850 bits per heavy atom. The van der Waals surface area contributed by atoms with Crippen LogP contribution >= 0.6 is 0 Å². The molecule has 104 valence electrons. The van der Waals surface area contributed by atoms with E-state index in [4.69, 9.17) is 0 Å². The molecule has 2 nitrogen and oxygen atoms in total. The molecule has 0 heterocycles. The predicted octanol–water partition coefficient (Wildman–Crippen LogP) is 4.40. The van der Waals surface area contributed by atoms with Gasteiger partial charge in [-0.05, 0) is 27.7 Å². The summed E-state index contributed by atoms with van der Waals surface area (Å²) in [5.74, 6) is 0.250. The number of aryl methyl sites for hydroxylation is 2. The van der Waals surface area contributed by atoms with Crippen LogP contribution in [0.25, 0.3) is 0 Å². The third-order valence-electron chi connectivity index (χ3n) is 2.92. The molecule has 0 saturated carbocycles. The van der Waals surface area contributed by atoms with Crippen molar-refractivity contribution >= 4 is 11.6 Å². The summed E-state index contributed by atoms with van der Waals surface area (Å²) >= 11 is 0. The summed E-state index contributed by atoms with van der Waals surface area (Å²) in [6.07, 6.45) is 0. The van der Waals surface area contributed by atoms with E-state index in [9.17, 15) is 9.59 Å². The lowest BCUT2D eigenvalue weighted by atomic mass is 10.1. The molecule has 0 atom stereocenters. The van der Waals surface area contributed by atoms with Crippen LogP contribution in [-0.2, 0) is 0 Å². The summed E-state index contributed by atoms with van der Waals surface area (Å²) < 4.78 is 0. The number of rotatable bonds is 2. The van der Waals surface area contributed by atoms with Gasteiger partial charge in [-0.25, -0.2) is 0 Å². The zero-order valence-corrected chi connectivity index (χ0v) is 12.4. The molecule has 0 aliphatic heterocycles. The number of carbonyl (C=O) groups is 2. The minimum absolute atomic E-state index is 0.125. The van der Waals surface area contributed by atoms with Gasteiger partial charge in [-0.2, -0.15) is 0 Å². The van der Waals surface area contributed by atoms with Gasteiger partial charge in [0.2, 0.25) is 0 Å². The van der Waals surface area contributed by atoms with Crippen LogP contribution in [0.15, 0.2) is 48.5 Å². The lowest BCUT2D eigenvalue weighted by Crippen LogP contribution is -1.90. The van der Waals surface area contributed by atoms with E-state index in [0.29, 0.717) is 0 Å². The van der Waals surface area contributed by atoms with Crippen molar-refractivity contribution in [1.82, 2.24) is 0 Å². The van der Waals surface area contributed by atoms with Gasteiger partial charge in [0.1, 0.15) is 0 Å². The van der Waals surface area contributed by atoms with Crippen molar-refractivity contribution in [3.63, 3.8) is 0 Å². The molecule has 0 aliphatic carbocycles. The Hall–Kier alpha value is -2.22. The largest absolute Gasteiger partial charge is 0.295 e. The van der Waals surface area contributed by atoms with Crippen LogP contribution in [0.5, 0.6) is 0 Å². The van der Waals surface area contributed by atoms with Crippen molar-refractivity contribution in [2.75, 3.05) is 0 Å². The van der Waals surface area contributed by atoms with Gasteiger partial charge in [-0.1, -0.05) is 59.7 Å². The Morgan fingerprint density at radius 1 is 0.600 bits per heavy atom. The first-order valence-electron chi connectivity index (χ1n) is 6.55. The van der Waals surface area contributed by atoms with E-state index in [2.05, 4.69) is 0 Å². The Morgan fingerprint density at radius 3 is 1.05 bits per heavy atom. The Labute approximate surface area is 120 Å². The van der Waals surface area contributed by atoms with E-state index in [1.54, 1.807) is 13.8 Å². The van der Waals surface area contributed by atoms with Crippen LogP contribution in [0, 0.1) is 13.8 Å². The SMILES string of the molecule is CC(=O)c1ccc(C)cc1.CC(=O)c1ccc(C)cc1. The number of hydrogen-bond donors (Lipinski definition) is 0. The van der Waals surface area contributed by atoms with Gasteiger partial charge in [0.15, 0.2) is 11.6 Å². The number of hydrogen-bond acceptors (Lipinski definition) is 2. The highest BCUT2D eigenvalue weighted by molar-refractivity contribution is 5.94. The molecule has 0 saturated heterocycles. The van der Waals surface area contributed by atoms with Gasteiger partial charge < -0.3 is 0 Å². The number of benzene rings is 2. The van der Waals surface area contributed by atoms with Crippen LogP contribution in [-0.4, -0.2) is 11.6 Å². The molecule has 0 N–H and O–H groups in total. The normalized spacial score (nSPS) is 9.40. The highest BCUT2D eigenvalue weighted by atomic mass is 16.1. The first kappa shape index (κ1) is 15.8. The fourth-order valence-corrected chi connectivity index (χ4v) is 1.58. The van der Waals surface area contributed by atoms with Crippen molar-refractivity contribution < 1.29 is 9.59 Å². The first-order valence-corrected chi connectivity index (χ1v) is 6.55. The van der Waals surface area contributed by atoms with Gasteiger partial charge in [0, 0.05) is 11.1 Å². The topological polar surface area (TPSA) is 34.1 Å². The van der Waals surface area contributed by atoms with E-state index in [-0.39, 0.29) is 11.6 Å². The fourth-order valence-electron chi connectivity index (χ4n) is 1.58. The van der Waals surface area contributed by atoms with E-state index < -0.39 is 0 Å². The summed E-state index contributed by atoms with van der Waals surface area (Å²) in [5.41, 5.74) is 3.94. The standard InChI is InChI=1S/2C9H10O/c2*1-7-3-5-9(6-4-7)8(2)10/h2*3-6H,1-2H3. The van der Waals surface area contributed by atoms with Crippen LogP contribution in [0.2, 0.25) is 0 Å². The number of carbonyl (C=O) groups excluding carboxylic acids is 2. The second kappa shape index (κ2) is 7.39. The smallest absolute Gasteiger partial charge is 0.159 e. The van der Waals surface area contributed by atoms with Gasteiger partial charge in [0.05, 0.1) is 0 Å². The average Bonchev–Trinajstić information content (AvgIpc) is 2.40. The molecule has 0 radical (unpaired) electrons. The van der Waals surface area contributed by atoms with E-state index in [0.717, 1.165) is 11.1 Å². The molecule has 2 heteroatoms. The summed E-state index contributed by atoms with van der Waals surface area (Å²) in [5, 5.41) is 0. The van der Waals surface area contributed by atoms with Crippen LogP contribution in [0.1, 0.15) is 45.7 Å². The second-order valence-electron chi connectivity index (χ2n) is 4.84. The number of ketones is 2. The van der Waals surface area contributed by atoms with Crippen LogP contribution in [0.3, 0.4) is 0 Å². The monoisotopic (exact) mass is 268 g/mol. The third kappa shape index (κ3) is 5.19. The maximum atomic E-state index is 10.8. The molecule has 20 heavy (non-hydrogen) atoms. The molecule has 0 unspecified atom stereocenters. The Bertz CT molecular complexity index is 522. The quantitative estimate of drug-likeness (QED) is 0.757. The van der Waals surface area contributed by atoms with Gasteiger partial charge in [0.25, 0.3) is 0 Å². The molecule has 0 amide bonds. The molecule has 0 fully saturated rings. The zero-order valence-electron chi connectivity index (χ0n) is 12.4. The molecule has 0 aromatic heterocycles. The lowest BCUT2D eigenvalue weighted by molar-refractivity contribution is 0.100. The highest BCUT2D eigenvalue weighted by Crippen LogP contribution is 2.03. The molecule has 2 aromatic carbocycles. The van der Waals surface area contributed by atoms with Gasteiger partial charge >= 0.3 is 0 Å². The molecule has 2 aromatic rings. The van der Waals surface area contributed by atoms with Crippen molar-refractivity contribution in [2.24, 2.45) is 0 Å². The van der Waals surface area contributed by atoms with Crippen LogP contribution < -0.4 is 0 Å². The van der Waals surface area contributed by atoms with Crippen LogP contribution in [0.4, 0.5) is 0 Å². The fraction of sp³-hybridized carbons (Fsp3) is 0.222. The molecular formula is C18H20O2. The maximum absolute atomic E-state index is 10.8.